The molecule has 0 atom stereocenters. The Morgan fingerprint density at radius 2 is 2.18 bits per heavy atom. The molecule has 0 saturated heterocycles. The first-order valence-electron chi connectivity index (χ1n) is 5.40. The second-order valence-electron chi connectivity index (χ2n) is 3.47. The lowest BCUT2D eigenvalue weighted by molar-refractivity contribution is 0.0514. The largest absolute Gasteiger partial charge is 0.384 e. The maximum atomic E-state index is 13.2. The third kappa shape index (κ3) is 3.55. The van der Waals surface area contributed by atoms with Crippen LogP contribution >= 0.6 is 0 Å². The van der Waals surface area contributed by atoms with Gasteiger partial charge in [0.1, 0.15) is 11.7 Å². The van der Waals surface area contributed by atoms with Crippen LogP contribution in [0.4, 0.5) is 4.39 Å². The molecular weight excluding hydrogens is 223 g/mol. The van der Waals surface area contributed by atoms with Crippen LogP contribution in [0.5, 0.6) is 0 Å². The molecule has 0 bridgehead atoms. The van der Waals surface area contributed by atoms with Crippen molar-refractivity contribution < 1.29 is 14.0 Å². The predicted octanol–water partition coefficient (Wildman–Crippen LogP) is 2.23. The number of aryl methyl sites for hydroxylation is 1. The zero-order valence-electron chi connectivity index (χ0n) is 9.87. The molecule has 0 aliphatic carbocycles. The van der Waals surface area contributed by atoms with Crippen molar-refractivity contribution in [1.29, 1.82) is 0 Å². The summed E-state index contributed by atoms with van der Waals surface area (Å²) in [4.78, 5) is 16.2. The Balaban J connectivity index is 2.83. The summed E-state index contributed by atoms with van der Waals surface area (Å²) in [7, 11) is 0. The summed E-state index contributed by atoms with van der Waals surface area (Å²) in [6.45, 7) is 3.60. The molecule has 5 heteroatoms. The van der Waals surface area contributed by atoms with Gasteiger partial charge in [0.25, 0.3) is 0 Å². The van der Waals surface area contributed by atoms with E-state index in [2.05, 4.69) is 9.99 Å². The number of benzene rings is 1. The monoisotopic (exact) mass is 238 g/mol. The van der Waals surface area contributed by atoms with E-state index in [1.807, 2.05) is 0 Å². The van der Waals surface area contributed by atoms with Crippen LogP contribution in [0.15, 0.2) is 23.4 Å². The molecule has 0 saturated carbocycles. The van der Waals surface area contributed by atoms with E-state index in [4.69, 9.17) is 5.73 Å². The molecule has 0 radical (unpaired) electrons. The fourth-order valence-corrected chi connectivity index (χ4v) is 1.19. The summed E-state index contributed by atoms with van der Waals surface area (Å²) in [5.41, 5.74) is 6.12. The number of amidine groups is 1. The number of nitrogens with zero attached hydrogens (tertiary/aromatic N) is 1. The van der Waals surface area contributed by atoms with Gasteiger partial charge in [-0.2, -0.15) is 0 Å². The van der Waals surface area contributed by atoms with Crippen molar-refractivity contribution in [2.24, 2.45) is 10.9 Å². The lowest BCUT2D eigenvalue weighted by Crippen LogP contribution is -2.12. The van der Waals surface area contributed by atoms with E-state index < -0.39 is 5.97 Å². The molecule has 4 nitrogen and oxygen atoms in total. The van der Waals surface area contributed by atoms with E-state index in [0.29, 0.717) is 18.4 Å². The molecule has 0 aliphatic rings. The highest BCUT2D eigenvalue weighted by molar-refractivity contribution is 5.90. The number of carbonyl (C=O) groups is 1. The van der Waals surface area contributed by atoms with Crippen LogP contribution in [0.3, 0.4) is 0 Å². The van der Waals surface area contributed by atoms with Crippen molar-refractivity contribution in [2.75, 3.05) is 0 Å². The lowest BCUT2D eigenvalue weighted by atomic mass is 10.1. The van der Waals surface area contributed by atoms with Gasteiger partial charge < -0.3 is 10.6 Å². The van der Waals surface area contributed by atoms with Crippen molar-refractivity contribution in [3.8, 4) is 0 Å². The van der Waals surface area contributed by atoms with Crippen LogP contribution < -0.4 is 5.73 Å². The molecule has 0 spiro atoms. The normalized spacial score (nSPS) is 11.4. The first kappa shape index (κ1) is 13.2. The first-order chi connectivity index (χ1) is 8.08. The minimum Gasteiger partial charge on any atom is -0.384 e. The Bertz CT molecular complexity index is 444. The van der Waals surface area contributed by atoms with Crippen molar-refractivity contribution in [3.63, 3.8) is 0 Å². The quantitative estimate of drug-likeness (QED) is 0.378. The van der Waals surface area contributed by atoms with Gasteiger partial charge in [0.05, 0.1) is 5.56 Å². The van der Waals surface area contributed by atoms with E-state index in [9.17, 15) is 9.18 Å². The number of oxime groups is 1. The molecule has 92 valence electrons. The molecule has 1 rings (SSSR count). The van der Waals surface area contributed by atoms with Gasteiger partial charge in [-0.05, 0) is 30.2 Å². The summed E-state index contributed by atoms with van der Waals surface area (Å²) in [5.74, 6) is -0.743. The maximum Gasteiger partial charge on any atom is 0.365 e. The molecule has 1 aromatic rings. The van der Waals surface area contributed by atoms with Gasteiger partial charge in [-0.3, -0.25) is 0 Å². The smallest absolute Gasteiger partial charge is 0.365 e. The minimum atomic E-state index is -0.642. The highest BCUT2D eigenvalue weighted by Crippen LogP contribution is 2.12. The molecule has 2 N–H and O–H groups in total. The zero-order valence-corrected chi connectivity index (χ0v) is 9.87. The Morgan fingerprint density at radius 1 is 1.47 bits per heavy atom. The number of carbonyl (C=O) groups excluding carboxylic acids is 1. The number of rotatable bonds is 4. The van der Waals surface area contributed by atoms with E-state index in [1.165, 1.54) is 18.2 Å². The van der Waals surface area contributed by atoms with Gasteiger partial charge in [-0.1, -0.05) is 19.0 Å². The van der Waals surface area contributed by atoms with E-state index in [-0.39, 0.29) is 17.2 Å². The van der Waals surface area contributed by atoms with Gasteiger partial charge in [-0.15, -0.1) is 0 Å². The van der Waals surface area contributed by atoms with Crippen LogP contribution in [0.1, 0.15) is 36.2 Å². The first-order valence-corrected chi connectivity index (χ1v) is 5.40. The average Bonchev–Trinajstić information content (AvgIpc) is 2.35. The molecule has 0 unspecified atom stereocenters. The summed E-state index contributed by atoms with van der Waals surface area (Å²) >= 11 is 0. The van der Waals surface area contributed by atoms with E-state index >= 15 is 0 Å². The second kappa shape index (κ2) is 5.98. The summed E-state index contributed by atoms with van der Waals surface area (Å²) < 4.78 is 13.2. The van der Waals surface area contributed by atoms with Gasteiger partial charge in [0.2, 0.25) is 0 Å². The molecular formula is C12H15FN2O2. The van der Waals surface area contributed by atoms with Crippen LogP contribution in [0, 0.1) is 5.82 Å². The highest BCUT2D eigenvalue weighted by Gasteiger charge is 2.10. The average molecular weight is 238 g/mol. The summed E-state index contributed by atoms with van der Waals surface area (Å²) in [6.07, 6.45) is 1.00. The lowest BCUT2D eigenvalue weighted by Gasteiger charge is -2.03. The fraction of sp³-hybridized carbons (Fsp3) is 0.333. The topological polar surface area (TPSA) is 64.7 Å². The van der Waals surface area contributed by atoms with E-state index in [1.54, 1.807) is 13.8 Å². The molecule has 17 heavy (non-hydrogen) atoms. The number of hydrogen-bond acceptors (Lipinski definition) is 3. The van der Waals surface area contributed by atoms with Crippen LogP contribution in [0.25, 0.3) is 0 Å². The summed E-state index contributed by atoms with van der Waals surface area (Å²) in [5, 5.41) is 3.45. The number of nitrogens with two attached hydrogens (primary N) is 1. The third-order valence-corrected chi connectivity index (χ3v) is 2.27. The predicted molar refractivity (Wildman–Crippen MR) is 63.1 cm³/mol. The SMILES string of the molecule is CC/C(N)=N/OC(=O)c1ccc(F)c(CC)c1. The minimum absolute atomic E-state index is 0.233. The van der Waals surface area contributed by atoms with Crippen LogP contribution in [-0.4, -0.2) is 11.8 Å². The molecule has 1 aromatic carbocycles. The van der Waals surface area contributed by atoms with Crippen molar-refractivity contribution in [3.05, 3.63) is 35.1 Å². The Hall–Kier alpha value is -1.91. The van der Waals surface area contributed by atoms with Gasteiger partial charge >= 0.3 is 5.97 Å². The molecule has 0 aromatic heterocycles. The van der Waals surface area contributed by atoms with Crippen molar-refractivity contribution in [1.82, 2.24) is 0 Å². The molecule has 0 aliphatic heterocycles. The van der Waals surface area contributed by atoms with Gasteiger partial charge in [0, 0.05) is 6.42 Å². The Kier molecular flexibility index (Phi) is 4.63. The Morgan fingerprint density at radius 3 is 2.76 bits per heavy atom. The number of hydrogen-bond donors (Lipinski definition) is 1. The second-order valence-corrected chi connectivity index (χ2v) is 3.47. The standard InChI is InChI=1S/C12H15FN2O2/c1-3-8-7-9(5-6-10(8)13)12(16)17-15-11(14)4-2/h5-7H,3-4H2,1-2H3,(H2,14,15). The van der Waals surface area contributed by atoms with Crippen molar-refractivity contribution >= 4 is 11.8 Å². The maximum absolute atomic E-state index is 13.2. The zero-order chi connectivity index (χ0) is 12.8. The summed E-state index contributed by atoms with van der Waals surface area (Å²) in [6, 6.07) is 4.05. The number of halogens is 1. The fourth-order valence-electron chi connectivity index (χ4n) is 1.19. The van der Waals surface area contributed by atoms with Crippen LogP contribution in [0.2, 0.25) is 0 Å². The molecule has 0 fully saturated rings. The van der Waals surface area contributed by atoms with Gasteiger partial charge in [-0.25, -0.2) is 9.18 Å². The molecule has 0 heterocycles. The molecule has 0 amide bonds. The van der Waals surface area contributed by atoms with Crippen LogP contribution in [-0.2, 0) is 11.3 Å². The van der Waals surface area contributed by atoms with Crippen molar-refractivity contribution in [2.45, 2.75) is 26.7 Å². The van der Waals surface area contributed by atoms with Gasteiger partial charge in [0.15, 0.2) is 0 Å². The highest BCUT2D eigenvalue weighted by atomic mass is 19.1. The van der Waals surface area contributed by atoms with E-state index in [0.717, 1.165) is 0 Å². The third-order valence-electron chi connectivity index (χ3n) is 2.27. The Labute approximate surface area is 99.3 Å².